The monoisotopic (exact) mass is 319 g/mol. The maximum absolute atomic E-state index is 9.37. The third-order valence-electron chi connectivity index (χ3n) is 2.37. The van der Waals surface area contributed by atoms with Gasteiger partial charge in [0.25, 0.3) is 0 Å². The Labute approximate surface area is 117 Å². The summed E-state index contributed by atoms with van der Waals surface area (Å²) in [7, 11) is 0. The van der Waals surface area contributed by atoms with E-state index in [4.69, 9.17) is 11.6 Å². The summed E-state index contributed by atoms with van der Waals surface area (Å²) in [6.45, 7) is 6.61. The van der Waals surface area contributed by atoms with Crippen LogP contribution < -0.4 is 5.32 Å². The maximum atomic E-state index is 9.37. The van der Waals surface area contributed by atoms with Crippen molar-refractivity contribution in [2.75, 3.05) is 11.9 Å². The lowest BCUT2D eigenvalue weighted by Crippen LogP contribution is -2.29. The molecule has 0 radical (unpaired) electrons. The number of halogens is 2. The number of rotatable bonds is 4. The number of aliphatic hydroxyl groups is 1. The van der Waals surface area contributed by atoms with Crippen molar-refractivity contribution >= 4 is 33.2 Å². The normalized spacial score (nSPS) is 13.5. The Hall–Kier alpha value is -0.250. The van der Waals surface area contributed by atoms with E-state index in [1.54, 1.807) is 0 Å². The van der Waals surface area contributed by atoms with E-state index in [0.717, 1.165) is 16.6 Å². The van der Waals surface area contributed by atoms with Gasteiger partial charge >= 0.3 is 0 Å². The predicted molar refractivity (Wildman–Crippen MR) is 77.7 cm³/mol. The van der Waals surface area contributed by atoms with Crippen molar-refractivity contribution in [3.8, 4) is 0 Å². The molecule has 0 amide bonds. The first-order valence-corrected chi connectivity index (χ1v) is 6.81. The van der Waals surface area contributed by atoms with Gasteiger partial charge in [-0.25, -0.2) is 0 Å². The lowest BCUT2D eigenvalue weighted by Gasteiger charge is -2.26. The number of benzene rings is 1. The van der Waals surface area contributed by atoms with Gasteiger partial charge in [0.05, 0.1) is 11.6 Å². The number of anilines is 1. The Kier molecular flexibility index (Phi) is 5.29. The number of nitrogens with one attached hydrogen (secondary N) is 1. The van der Waals surface area contributed by atoms with Gasteiger partial charge in [-0.2, -0.15) is 0 Å². The average Bonchev–Trinajstić information content (AvgIpc) is 2.20. The molecule has 0 spiro atoms. The van der Waals surface area contributed by atoms with Crippen LogP contribution in [0.3, 0.4) is 0 Å². The second kappa shape index (κ2) is 6.07. The molecular weight excluding hydrogens is 302 g/mol. The van der Waals surface area contributed by atoms with Crippen molar-refractivity contribution in [2.45, 2.75) is 33.2 Å². The zero-order valence-corrected chi connectivity index (χ0v) is 12.8. The molecule has 1 aromatic carbocycles. The van der Waals surface area contributed by atoms with Crippen LogP contribution in [0.25, 0.3) is 0 Å². The van der Waals surface area contributed by atoms with Crippen LogP contribution in [0.2, 0.25) is 5.02 Å². The predicted octanol–water partition coefficient (Wildman–Crippen LogP) is 4.31. The quantitative estimate of drug-likeness (QED) is 0.866. The van der Waals surface area contributed by atoms with Gasteiger partial charge in [-0.1, -0.05) is 32.4 Å². The molecule has 0 bridgehead atoms. The fraction of sp³-hybridized carbons (Fsp3) is 0.538. The van der Waals surface area contributed by atoms with Crippen molar-refractivity contribution in [2.24, 2.45) is 5.41 Å². The van der Waals surface area contributed by atoms with Gasteiger partial charge in [-0.15, -0.1) is 0 Å². The van der Waals surface area contributed by atoms with E-state index in [-0.39, 0.29) is 18.1 Å². The molecule has 0 saturated heterocycles. The first kappa shape index (κ1) is 14.8. The van der Waals surface area contributed by atoms with Gasteiger partial charge in [0.2, 0.25) is 0 Å². The smallest absolute Gasteiger partial charge is 0.0633 e. The minimum Gasteiger partial charge on any atom is -0.394 e. The number of aliphatic hydroxyl groups excluding tert-OH is 1. The van der Waals surface area contributed by atoms with Crippen molar-refractivity contribution < 1.29 is 5.11 Å². The number of hydrogen-bond acceptors (Lipinski definition) is 2. The van der Waals surface area contributed by atoms with E-state index in [2.05, 4.69) is 42.0 Å². The molecule has 1 unspecified atom stereocenters. The topological polar surface area (TPSA) is 32.3 Å². The fourth-order valence-corrected chi connectivity index (χ4v) is 2.22. The summed E-state index contributed by atoms with van der Waals surface area (Å²) < 4.78 is 0.858. The molecule has 0 saturated carbocycles. The highest BCUT2D eigenvalue weighted by molar-refractivity contribution is 9.10. The van der Waals surface area contributed by atoms with E-state index >= 15 is 0 Å². The maximum Gasteiger partial charge on any atom is 0.0633 e. The Balaban J connectivity index is 2.70. The molecule has 0 fully saturated rings. The van der Waals surface area contributed by atoms with Crippen molar-refractivity contribution in [3.05, 3.63) is 27.7 Å². The lowest BCUT2D eigenvalue weighted by atomic mass is 9.88. The molecule has 1 atom stereocenters. The summed E-state index contributed by atoms with van der Waals surface area (Å²) in [5.41, 5.74) is 1.15. The van der Waals surface area contributed by atoms with Gasteiger partial charge in [-0.3, -0.25) is 0 Å². The van der Waals surface area contributed by atoms with Crippen molar-refractivity contribution in [1.29, 1.82) is 0 Å². The van der Waals surface area contributed by atoms with Gasteiger partial charge in [0.1, 0.15) is 0 Å². The first-order chi connectivity index (χ1) is 7.81. The summed E-state index contributed by atoms with van der Waals surface area (Å²) in [6.07, 6.45) is 0.906. The highest BCUT2D eigenvalue weighted by atomic mass is 79.9. The van der Waals surface area contributed by atoms with Crippen LogP contribution in [0, 0.1) is 5.41 Å². The van der Waals surface area contributed by atoms with Crippen molar-refractivity contribution in [1.82, 2.24) is 0 Å². The molecule has 1 rings (SSSR count). The molecule has 0 aliphatic heterocycles. The van der Waals surface area contributed by atoms with E-state index < -0.39 is 0 Å². The minimum atomic E-state index is 0.0584. The summed E-state index contributed by atoms with van der Waals surface area (Å²) in [5, 5.41) is 13.4. The molecule has 0 aromatic heterocycles. The number of hydrogen-bond donors (Lipinski definition) is 2. The van der Waals surface area contributed by atoms with E-state index in [0.29, 0.717) is 5.02 Å². The molecule has 0 heterocycles. The molecule has 0 aliphatic carbocycles. The molecular formula is C13H19BrClNO. The van der Waals surface area contributed by atoms with Crippen LogP contribution in [0.1, 0.15) is 27.2 Å². The van der Waals surface area contributed by atoms with Crippen LogP contribution in [0.15, 0.2) is 22.7 Å². The molecule has 96 valence electrons. The standard InChI is InChI=1S/C13H19BrClNO/c1-13(2,3)7-10(8-17)16-9-4-5-12(15)11(14)6-9/h4-6,10,16-17H,7-8H2,1-3H3. The van der Waals surface area contributed by atoms with E-state index in [1.807, 2.05) is 18.2 Å². The van der Waals surface area contributed by atoms with E-state index in [9.17, 15) is 5.11 Å². The van der Waals surface area contributed by atoms with E-state index in [1.165, 1.54) is 0 Å². The zero-order chi connectivity index (χ0) is 13.1. The average molecular weight is 321 g/mol. The highest BCUT2D eigenvalue weighted by Crippen LogP contribution is 2.27. The fourth-order valence-electron chi connectivity index (χ4n) is 1.72. The van der Waals surface area contributed by atoms with Crippen LogP contribution in [0.5, 0.6) is 0 Å². The Morgan fingerprint density at radius 3 is 2.53 bits per heavy atom. The van der Waals surface area contributed by atoms with Gasteiger partial charge in [-0.05, 0) is 46.0 Å². The summed E-state index contributed by atoms with van der Waals surface area (Å²) in [6, 6.07) is 5.73. The first-order valence-electron chi connectivity index (χ1n) is 5.64. The zero-order valence-electron chi connectivity index (χ0n) is 10.4. The van der Waals surface area contributed by atoms with Crippen LogP contribution >= 0.6 is 27.5 Å². The molecule has 2 nitrogen and oxygen atoms in total. The Bertz CT molecular complexity index is 376. The van der Waals surface area contributed by atoms with Gasteiger partial charge in [0, 0.05) is 16.2 Å². The van der Waals surface area contributed by atoms with Crippen LogP contribution in [-0.2, 0) is 0 Å². The Morgan fingerprint density at radius 2 is 2.06 bits per heavy atom. The summed E-state index contributed by atoms with van der Waals surface area (Å²) in [5.74, 6) is 0. The molecule has 17 heavy (non-hydrogen) atoms. The summed E-state index contributed by atoms with van der Waals surface area (Å²) >= 11 is 9.32. The molecule has 0 aliphatic rings. The van der Waals surface area contributed by atoms with Crippen LogP contribution in [0.4, 0.5) is 5.69 Å². The van der Waals surface area contributed by atoms with Crippen molar-refractivity contribution in [3.63, 3.8) is 0 Å². The molecule has 2 N–H and O–H groups in total. The van der Waals surface area contributed by atoms with Gasteiger partial charge in [0.15, 0.2) is 0 Å². The largest absolute Gasteiger partial charge is 0.394 e. The highest BCUT2D eigenvalue weighted by Gasteiger charge is 2.18. The third-order valence-corrected chi connectivity index (χ3v) is 3.58. The van der Waals surface area contributed by atoms with Gasteiger partial charge < -0.3 is 10.4 Å². The Morgan fingerprint density at radius 1 is 1.41 bits per heavy atom. The lowest BCUT2D eigenvalue weighted by molar-refractivity contribution is 0.234. The summed E-state index contributed by atoms with van der Waals surface area (Å²) in [4.78, 5) is 0. The molecule has 1 aromatic rings. The second-order valence-electron chi connectivity index (χ2n) is 5.42. The SMILES string of the molecule is CC(C)(C)CC(CO)Nc1ccc(Cl)c(Br)c1. The second-order valence-corrected chi connectivity index (χ2v) is 6.68. The van der Waals surface area contributed by atoms with Crippen LogP contribution in [-0.4, -0.2) is 17.8 Å². The third kappa shape index (κ3) is 5.28. The molecule has 4 heteroatoms. The minimum absolute atomic E-state index is 0.0584.